The van der Waals surface area contributed by atoms with Crippen LogP contribution in [-0.4, -0.2) is 23.0 Å². The van der Waals surface area contributed by atoms with Crippen molar-refractivity contribution >= 4 is 11.3 Å². The van der Waals surface area contributed by atoms with E-state index in [9.17, 15) is 0 Å². The molecular weight excluding hydrogens is 266 g/mol. The highest BCUT2D eigenvalue weighted by Gasteiger charge is 2.30. The third-order valence-corrected chi connectivity index (χ3v) is 5.26. The van der Waals surface area contributed by atoms with Crippen molar-refractivity contribution in [2.24, 2.45) is 5.73 Å². The number of rotatable bonds is 3. The molecule has 2 atom stereocenters. The summed E-state index contributed by atoms with van der Waals surface area (Å²) in [6.45, 7) is 6.01. The van der Waals surface area contributed by atoms with Gasteiger partial charge in [0.15, 0.2) is 0 Å². The summed E-state index contributed by atoms with van der Waals surface area (Å²) in [5, 5.41) is 2.20. The van der Waals surface area contributed by atoms with Crippen molar-refractivity contribution in [2.75, 3.05) is 13.1 Å². The van der Waals surface area contributed by atoms with Crippen LogP contribution < -0.4 is 5.73 Å². The van der Waals surface area contributed by atoms with Crippen LogP contribution in [-0.2, 0) is 6.42 Å². The molecule has 2 aromatic rings. The quantitative estimate of drug-likeness (QED) is 0.943. The van der Waals surface area contributed by atoms with Crippen molar-refractivity contribution in [3.63, 3.8) is 0 Å². The number of thiophene rings is 1. The number of hydrogen-bond acceptors (Lipinski definition) is 4. The summed E-state index contributed by atoms with van der Waals surface area (Å²) in [6.07, 6.45) is 3.11. The van der Waals surface area contributed by atoms with Gasteiger partial charge in [-0.2, -0.15) is 0 Å². The average molecular weight is 287 g/mol. The summed E-state index contributed by atoms with van der Waals surface area (Å²) in [6, 6.07) is 7.18. The van der Waals surface area contributed by atoms with E-state index in [0.29, 0.717) is 12.6 Å². The van der Waals surface area contributed by atoms with Gasteiger partial charge in [0.2, 0.25) is 0 Å². The van der Waals surface area contributed by atoms with Gasteiger partial charge >= 0.3 is 0 Å². The van der Waals surface area contributed by atoms with Crippen molar-refractivity contribution in [3.05, 3.63) is 51.5 Å². The molecule has 2 unspecified atom stereocenters. The summed E-state index contributed by atoms with van der Waals surface area (Å²) in [7, 11) is 0. The normalized spacial score (nSPS) is 20.6. The highest BCUT2D eigenvalue weighted by molar-refractivity contribution is 7.10. The molecular formula is C16H21N3S. The maximum Gasteiger partial charge on any atom is 0.0491 e. The second-order valence-electron chi connectivity index (χ2n) is 5.45. The third kappa shape index (κ3) is 2.39. The number of aryl methyl sites for hydroxylation is 1. The van der Waals surface area contributed by atoms with Gasteiger partial charge < -0.3 is 5.73 Å². The lowest BCUT2D eigenvalue weighted by molar-refractivity contribution is 0.138. The van der Waals surface area contributed by atoms with Crippen molar-refractivity contribution in [1.29, 1.82) is 0 Å². The van der Waals surface area contributed by atoms with Gasteiger partial charge in [-0.15, -0.1) is 11.3 Å². The van der Waals surface area contributed by atoms with E-state index in [4.69, 9.17) is 5.73 Å². The van der Waals surface area contributed by atoms with E-state index in [1.165, 1.54) is 16.0 Å². The van der Waals surface area contributed by atoms with Crippen molar-refractivity contribution in [2.45, 2.75) is 32.4 Å². The molecule has 0 spiro atoms. The van der Waals surface area contributed by atoms with Gasteiger partial charge in [-0.25, -0.2) is 0 Å². The molecule has 0 aromatic carbocycles. The number of fused-ring (bicyclic) bond motifs is 1. The van der Waals surface area contributed by atoms with Crippen LogP contribution >= 0.6 is 11.3 Å². The molecule has 3 rings (SSSR count). The van der Waals surface area contributed by atoms with Crippen LogP contribution in [0.25, 0.3) is 0 Å². The topological polar surface area (TPSA) is 42.1 Å². The number of nitrogens with two attached hydrogens (primary N) is 1. The number of nitrogens with zero attached hydrogens (tertiary/aromatic N) is 2. The molecule has 20 heavy (non-hydrogen) atoms. The SMILES string of the molecule is Cc1ccc(C(CN)N2CCc3sccc3C2C)cn1. The fourth-order valence-corrected chi connectivity index (χ4v) is 4.06. The lowest BCUT2D eigenvalue weighted by Crippen LogP contribution is -2.39. The van der Waals surface area contributed by atoms with E-state index in [1.54, 1.807) is 0 Å². The molecule has 3 nitrogen and oxygen atoms in total. The second-order valence-corrected chi connectivity index (χ2v) is 6.45. The molecule has 1 aliphatic heterocycles. The van der Waals surface area contributed by atoms with Gasteiger partial charge in [-0.05, 0) is 48.9 Å². The third-order valence-electron chi connectivity index (χ3n) is 4.27. The fraction of sp³-hybridized carbons (Fsp3) is 0.438. The molecule has 0 aliphatic carbocycles. The highest BCUT2D eigenvalue weighted by Crippen LogP contribution is 2.37. The van der Waals surface area contributed by atoms with Gasteiger partial charge in [0.1, 0.15) is 0 Å². The predicted octanol–water partition coefficient (Wildman–Crippen LogP) is 3.07. The molecule has 0 radical (unpaired) electrons. The first-order valence-electron chi connectivity index (χ1n) is 7.15. The summed E-state index contributed by atoms with van der Waals surface area (Å²) < 4.78 is 0. The first-order valence-corrected chi connectivity index (χ1v) is 8.03. The van der Waals surface area contributed by atoms with Crippen LogP contribution in [0.4, 0.5) is 0 Å². The molecule has 2 aromatic heterocycles. The smallest absolute Gasteiger partial charge is 0.0491 e. The molecule has 3 heterocycles. The molecule has 1 aliphatic rings. The minimum atomic E-state index is 0.256. The predicted molar refractivity (Wildman–Crippen MR) is 83.9 cm³/mol. The van der Waals surface area contributed by atoms with E-state index >= 15 is 0 Å². The van der Waals surface area contributed by atoms with Crippen LogP contribution in [0.3, 0.4) is 0 Å². The molecule has 4 heteroatoms. The Morgan fingerprint density at radius 1 is 1.45 bits per heavy atom. The lowest BCUT2D eigenvalue weighted by Gasteiger charge is -2.39. The second kappa shape index (κ2) is 5.64. The van der Waals surface area contributed by atoms with Crippen LogP contribution in [0.5, 0.6) is 0 Å². The molecule has 0 fully saturated rings. The van der Waals surface area contributed by atoms with Gasteiger partial charge in [0.05, 0.1) is 0 Å². The Kier molecular flexibility index (Phi) is 3.87. The highest BCUT2D eigenvalue weighted by atomic mass is 32.1. The number of aromatic nitrogens is 1. The fourth-order valence-electron chi connectivity index (χ4n) is 3.09. The van der Waals surface area contributed by atoms with Gasteiger partial charge in [-0.3, -0.25) is 9.88 Å². The van der Waals surface area contributed by atoms with Crippen LogP contribution in [0, 0.1) is 6.92 Å². The van der Waals surface area contributed by atoms with Crippen LogP contribution in [0.15, 0.2) is 29.8 Å². The maximum absolute atomic E-state index is 6.06. The van der Waals surface area contributed by atoms with Gasteiger partial charge in [-0.1, -0.05) is 6.07 Å². The van der Waals surface area contributed by atoms with Crippen molar-refractivity contribution in [1.82, 2.24) is 9.88 Å². The minimum absolute atomic E-state index is 0.256. The van der Waals surface area contributed by atoms with Crippen LogP contribution in [0.2, 0.25) is 0 Å². The first kappa shape index (κ1) is 13.7. The Bertz CT molecular complexity index is 576. The van der Waals surface area contributed by atoms with Crippen LogP contribution in [0.1, 0.15) is 40.7 Å². The Hall–Kier alpha value is -1.23. The number of pyridine rings is 1. The lowest BCUT2D eigenvalue weighted by atomic mass is 9.96. The van der Waals surface area contributed by atoms with E-state index in [1.807, 2.05) is 24.5 Å². The van der Waals surface area contributed by atoms with Gasteiger partial charge in [0, 0.05) is 41.9 Å². The van der Waals surface area contributed by atoms with Crippen molar-refractivity contribution in [3.8, 4) is 0 Å². The monoisotopic (exact) mass is 287 g/mol. The summed E-state index contributed by atoms with van der Waals surface area (Å²) >= 11 is 1.88. The Balaban J connectivity index is 1.89. The zero-order valence-electron chi connectivity index (χ0n) is 12.0. The van der Waals surface area contributed by atoms with E-state index in [-0.39, 0.29) is 6.04 Å². The van der Waals surface area contributed by atoms with E-state index < -0.39 is 0 Å². The average Bonchev–Trinajstić information content (AvgIpc) is 2.93. The van der Waals surface area contributed by atoms with Gasteiger partial charge in [0.25, 0.3) is 0 Å². The zero-order chi connectivity index (χ0) is 14.1. The summed E-state index contributed by atoms with van der Waals surface area (Å²) in [5.41, 5.74) is 9.81. The Morgan fingerprint density at radius 3 is 3.00 bits per heavy atom. The Morgan fingerprint density at radius 2 is 2.30 bits per heavy atom. The molecule has 106 valence electrons. The summed E-state index contributed by atoms with van der Waals surface area (Å²) in [4.78, 5) is 8.47. The molecule has 0 saturated carbocycles. The molecule has 0 bridgehead atoms. The maximum atomic E-state index is 6.06. The van der Waals surface area contributed by atoms with Crippen molar-refractivity contribution < 1.29 is 0 Å². The Labute approximate surface area is 124 Å². The molecule has 0 saturated heterocycles. The largest absolute Gasteiger partial charge is 0.329 e. The number of hydrogen-bond donors (Lipinski definition) is 1. The minimum Gasteiger partial charge on any atom is -0.329 e. The zero-order valence-corrected chi connectivity index (χ0v) is 12.9. The summed E-state index contributed by atoms with van der Waals surface area (Å²) in [5.74, 6) is 0. The molecule has 2 N–H and O–H groups in total. The molecule has 0 amide bonds. The first-order chi connectivity index (χ1) is 9.70. The van der Waals surface area contributed by atoms with E-state index in [2.05, 4.69) is 40.4 Å². The standard InChI is InChI=1S/C16H21N3S/c1-11-3-4-13(10-18-11)15(9-17)19-7-5-16-14(12(19)2)6-8-20-16/h3-4,6,8,10,12,15H,5,7,9,17H2,1-2H3. The van der Waals surface area contributed by atoms with E-state index in [0.717, 1.165) is 18.7 Å².